The van der Waals surface area contributed by atoms with E-state index in [4.69, 9.17) is 15.0 Å². The Morgan fingerprint density at radius 3 is 2.79 bits per heavy atom. The van der Waals surface area contributed by atoms with E-state index in [0.29, 0.717) is 23.2 Å². The molecule has 3 aromatic rings. The molecule has 2 aliphatic rings. The second-order valence-corrected chi connectivity index (χ2v) is 9.30. The third-order valence-corrected chi connectivity index (χ3v) is 6.48. The lowest BCUT2D eigenvalue weighted by Gasteiger charge is -2.29. The molecule has 0 saturated carbocycles. The molecule has 0 radical (unpaired) electrons. The summed E-state index contributed by atoms with van der Waals surface area (Å²) in [5.74, 6) is 1.59. The molecule has 2 amide bonds. The molecule has 1 aliphatic carbocycles. The molecule has 8 nitrogen and oxygen atoms in total. The lowest BCUT2D eigenvalue weighted by atomic mass is 9.84. The topological polar surface area (TPSA) is 107 Å². The van der Waals surface area contributed by atoms with E-state index in [0.717, 1.165) is 61.9 Å². The van der Waals surface area contributed by atoms with Crippen molar-refractivity contribution in [3.05, 3.63) is 47.5 Å². The Balaban J connectivity index is 1.39. The lowest BCUT2D eigenvalue weighted by Crippen LogP contribution is -2.40. The van der Waals surface area contributed by atoms with Gasteiger partial charge in [0.15, 0.2) is 0 Å². The lowest BCUT2D eigenvalue weighted by molar-refractivity contribution is 0.203. The Morgan fingerprint density at radius 2 is 2.03 bits per heavy atom. The van der Waals surface area contributed by atoms with Crippen LogP contribution in [0.2, 0.25) is 0 Å². The van der Waals surface area contributed by atoms with Gasteiger partial charge in [-0.3, -0.25) is 0 Å². The number of ether oxygens (including phenoxy) is 1. The predicted molar refractivity (Wildman–Crippen MR) is 130 cm³/mol. The van der Waals surface area contributed by atoms with Crippen molar-refractivity contribution in [2.75, 3.05) is 18.8 Å². The van der Waals surface area contributed by atoms with Crippen molar-refractivity contribution in [3.8, 4) is 28.6 Å². The highest BCUT2D eigenvalue weighted by Gasteiger charge is 2.28. The Morgan fingerprint density at radius 1 is 1.21 bits per heavy atom. The monoisotopic (exact) mass is 461 g/mol. The number of hydrogen-bond donors (Lipinski definition) is 2. The van der Waals surface area contributed by atoms with Gasteiger partial charge < -0.3 is 25.2 Å². The first-order valence-corrected chi connectivity index (χ1v) is 12.1. The Hall–Kier alpha value is -3.55. The van der Waals surface area contributed by atoms with Gasteiger partial charge in [-0.15, -0.1) is 0 Å². The van der Waals surface area contributed by atoms with Crippen LogP contribution in [0, 0.1) is 0 Å². The second kappa shape index (κ2) is 9.37. The number of amides is 2. The highest BCUT2D eigenvalue weighted by Crippen LogP contribution is 2.36. The van der Waals surface area contributed by atoms with Gasteiger partial charge in [0, 0.05) is 24.2 Å². The number of fused-ring (bicyclic) bond motifs is 1. The normalized spacial score (nSPS) is 17.6. The van der Waals surface area contributed by atoms with Crippen LogP contribution in [0.5, 0.6) is 5.75 Å². The van der Waals surface area contributed by atoms with E-state index in [1.54, 1.807) is 6.07 Å². The number of nitrogens with two attached hydrogens (primary N) is 1. The number of nitrogens with one attached hydrogen (secondary N) is 1. The zero-order chi connectivity index (χ0) is 23.7. The van der Waals surface area contributed by atoms with E-state index in [1.807, 2.05) is 43.0 Å². The number of benzene rings is 2. The minimum Gasteiger partial charge on any atom is -0.489 e. The fourth-order valence-electron chi connectivity index (χ4n) is 4.86. The summed E-state index contributed by atoms with van der Waals surface area (Å²) in [4.78, 5) is 19.3. The summed E-state index contributed by atoms with van der Waals surface area (Å²) < 4.78 is 11.3. The molecule has 1 unspecified atom stereocenters. The first-order chi connectivity index (χ1) is 16.5. The van der Waals surface area contributed by atoms with Crippen LogP contribution in [0.4, 0.5) is 10.5 Å². The van der Waals surface area contributed by atoms with E-state index in [-0.39, 0.29) is 18.2 Å². The number of aromatic nitrogens is 2. The van der Waals surface area contributed by atoms with Gasteiger partial charge in [-0.05, 0) is 75.3 Å². The molecule has 1 aliphatic heterocycles. The maximum absolute atomic E-state index is 12.7. The molecule has 5 rings (SSSR count). The van der Waals surface area contributed by atoms with Crippen LogP contribution in [0.3, 0.4) is 0 Å². The quantitative estimate of drug-likeness (QED) is 0.521. The highest BCUT2D eigenvalue weighted by molar-refractivity contribution is 5.75. The van der Waals surface area contributed by atoms with Crippen molar-refractivity contribution in [3.63, 3.8) is 0 Å². The van der Waals surface area contributed by atoms with Gasteiger partial charge in [0.1, 0.15) is 5.75 Å². The Labute approximate surface area is 199 Å². The molecule has 0 spiro atoms. The van der Waals surface area contributed by atoms with Crippen molar-refractivity contribution in [1.82, 2.24) is 20.4 Å². The average Bonchev–Trinajstić information content (AvgIpc) is 3.53. The minimum atomic E-state index is -0.00327. The molecule has 0 bridgehead atoms. The second-order valence-electron chi connectivity index (χ2n) is 9.30. The molecule has 2 heterocycles. The van der Waals surface area contributed by atoms with Crippen LogP contribution >= 0.6 is 0 Å². The molecule has 3 N–H and O–H groups in total. The Kier molecular flexibility index (Phi) is 6.13. The number of nitrogens with zero attached hydrogens (tertiary/aromatic N) is 3. The van der Waals surface area contributed by atoms with Crippen molar-refractivity contribution < 1.29 is 14.1 Å². The number of hydrogen-bond acceptors (Lipinski definition) is 6. The van der Waals surface area contributed by atoms with Crippen LogP contribution in [0.25, 0.3) is 22.8 Å². The van der Waals surface area contributed by atoms with Gasteiger partial charge >= 0.3 is 6.03 Å². The fourth-order valence-corrected chi connectivity index (χ4v) is 4.86. The van der Waals surface area contributed by atoms with E-state index in [9.17, 15) is 4.79 Å². The summed E-state index contributed by atoms with van der Waals surface area (Å²) in [6.45, 7) is 5.60. The number of carbonyl (C=O) groups is 1. The first kappa shape index (κ1) is 22.3. The number of likely N-dealkylation sites (tertiary alicyclic amines) is 1. The Bertz CT molecular complexity index is 1180. The number of rotatable bonds is 5. The number of urea groups is 1. The molecule has 1 fully saturated rings. The van der Waals surface area contributed by atoms with Crippen LogP contribution in [-0.4, -0.2) is 40.3 Å². The van der Waals surface area contributed by atoms with Crippen molar-refractivity contribution in [2.24, 2.45) is 0 Å². The van der Waals surface area contributed by atoms with Crippen molar-refractivity contribution in [1.29, 1.82) is 0 Å². The van der Waals surface area contributed by atoms with E-state index >= 15 is 0 Å². The van der Waals surface area contributed by atoms with E-state index in [1.165, 1.54) is 5.56 Å². The standard InChI is InChI=1S/C26H31N5O3/c1-16(2)33-23-12-11-17(15-21(23)27)25-29-24(30-34-25)20-9-5-8-19-18(20)7-6-10-22(19)28-26(32)31-13-3-4-14-31/h5,8-9,11-12,15-16,22H,3-4,6-7,10,13-14,27H2,1-2H3,(H,28,32). The maximum Gasteiger partial charge on any atom is 0.317 e. The summed E-state index contributed by atoms with van der Waals surface area (Å²) in [6, 6.07) is 11.6. The largest absolute Gasteiger partial charge is 0.489 e. The van der Waals surface area contributed by atoms with Crippen LogP contribution in [-0.2, 0) is 6.42 Å². The van der Waals surface area contributed by atoms with Gasteiger partial charge in [-0.2, -0.15) is 4.98 Å². The zero-order valence-electron chi connectivity index (χ0n) is 19.7. The van der Waals surface area contributed by atoms with Gasteiger partial charge in [0.05, 0.1) is 17.8 Å². The summed E-state index contributed by atoms with van der Waals surface area (Å²) in [6.07, 6.45) is 5.04. The van der Waals surface area contributed by atoms with Gasteiger partial charge in [0.25, 0.3) is 5.89 Å². The summed E-state index contributed by atoms with van der Waals surface area (Å²) >= 11 is 0. The molecule has 1 aromatic heterocycles. The summed E-state index contributed by atoms with van der Waals surface area (Å²) in [7, 11) is 0. The number of nitrogen functional groups attached to an aromatic ring is 1. The SMILES string of the molecule is CC(C)Oc1ccc(-c2nc(-c3cccc4c3CCCC4NC(=O)N3CCCC3)no2)cc1N. The summed E-state index contributed by atoms with van der Waals surface area (Å²) in [5, 5.41) is 7.52. The minimum absolute atomic E-state index is 0.00327. The molecule has 34 heavy (non-hydrogen) atoms. The predicted octanol–water partition coefficient (Wildman–Crippen LogP) is 4.96. The summed E-state index contributed by atoms with van der Waals surface area (Å²) in [5.41, 5.74) is 10.7. The molecular weight excluding hydrogens is 430 g/mol. The number of anilines is 1. The van der Waals surface area contributed by atoms with Crippen molar-refractivity contribution >= 4 is 11.7 Å². The highest BCUT2D eigenvalue weighted by atomic mass is 16.5. The first-order valence-electron chi connectivity index (χ1n) is 12.1. The van der Waals surface area contributed by atoms with Crippen LogP contribution in [0.1, 0.15) is 56.7 Å². The molecule has 2 aromatic carbocycles. The number of carbonyl (C=O) groups excluding carboxylic acids is 1. The van der Waals surface area contributed by atoms with Crippen LogP contribution < -0.4 is 15.8 Å². The molecule has 178 valence electrons. The molecule has 1 saturated heterocycles. The van der Waals surface area contributed by atoms with Crippen molar-refractivity contribution in [2.45, 2.75) is 58.1 Å². The average molecular weight is 462 g/mol. The smallest absolute Gasteiger partial charge is 0.317 e. The van der Waals surface area contributed by atoms with Gasteiger partial charge in [0.2, 0.25) is 5.82 Å². The third-order valence-electron chi connectivity index (χ3n) is 6.48. The molecule has 1 atom stereocenters. The van der Waals surface area contributed by atoms with Crippen LogP contribution in [0.15, 0.2) is 40.9 Å². The zero-order valence-corrected chi connectivity index (χ0v) is 19.7. The van der Waals surface area contributed by atoms with E-state index in [2.05, 4.69) is 21.5 Å². The maximum atomic E-state index is 12.7. The fraction of sp³-hybridized carbons (Fsp3) is 0.423. The van der Waals surface area contributed by atoms with E-state index < -0.39 is 0 Å². The van der Waals surface area contributed by atoms with Gasteiger partial charge in [-0.25, -0.2) is 4.79 Å². The van der Waals surface area contributed by atoms with Gasteiger partial charge in [-0.1, -0.05) is 23.4 Å². The molecule has 8 heteroatoms. The third kappa shape index (κ3) is 4.44. The molecular formula is C26H31N5O3.